The van der Waals surface area contributed by atoms with Gasteiger partial charge in [-0.3, -0.25) is 14.4 Å². The van der Waals surface area contributed by atoms with Crippen LogP contribution in [0.3, 0.4) is 0 Å². The lowest BCUT2D eigenvalue weighted by atomic mass is 10.0. The minimum atomic E-state index is -0.992. The third-order valence-corrected chi connectivity index (χ3v) is 7.88. The third kappa shape index (κ3) is 6.13. The Hall–Kier alpha value is -3.92. The summed E-state index contributed by atoms with van der Waals surface area (Å²) in [5.74, 6) is -0.290. The maximum absolute atomic E-state index is 14.4. The maximum Gasteiger partial charge on any atom is 0.258 e. The van der Waals surface area contributed by atoms with Gasteiger partial charge in [-0.2, -0.15) is 0 Å². The molecule has 2 unspecified atom stereocenters. The highest BCUT2D eigenvalue weighted by atomic mass is 79.9. The van der Waals surface area contributed by atoms with E-state index >= 15 is 0 Å². The van der Waals surface area contributed by atoms with Crippen LogP contribution < -0.4 is 25.2 Å². The highest BCUT2D eigenvalue weighted by Crippen LogP contribution is 2.38. The fraction of sp³-hybridized carbons (Fsp3) is 0.219. The number of rotatable bonds is 7. The molecular formula is C32H32BrClN4O4. The van der Waals surface area contributed by atoms with Crippen molar-refractivity contribution < 1.29 is 19.1 Å². The van der Waals surface area contributed by atoms with Crippen LogP contribution in [-0.4, -0.2) is 50.5 Å². The molecule has 5 rings (SSSR count). The summed E-state index contributed by atoms with van der Waals surface area (Å²) in [4.78, 5) is 44.5. The molecule has 0 fully saturated rings. The van der Waals surface area contributed by atoms with E-state index in [4.69, 9.17) is 4.74 Å². The number of para-hydroxylation sites is 2. The van der Waals surface area contributed by atoms with Crippen molar-refractivity contribution in [1.82, 2.24) is 10.6 Å². The Kier molecular flexibility index (Phi) is 9.88. The SMILES string of the molecule is CNC(C)C(=O)NC1CN(C(=O)c2ccccc2)c2ccccc2N(Cc2c(OC)ccc3cc(Br)ccc23)C1=O.Cl. The molecule has 1 aliphatic rings. The van der Waals surface area contributed by atoms with E-state index in [0.29, 0.717) is 22.7 Å². The second kappa shape index (κ2) is 13.4. The van der Waals surface area contributed by atoms with Gasteiger partial charge in [-0.1, -0.05) is 58.4 Å². The third-order valence-electron chi connectivity index (χ3n) is 7.39. The normalized spacial score (nSPS) is 15.3. The number of anilines is 2. The first kappa shape index (κ1) is 31.0. The molecule has 0 aromatic heterocycles. The Bertz CT molecular complexity index is 1620. The fourth-order valence-corrected chi connectivity index (χ4v) is 5.45. The van der Waals surface area contributed by atoms with Crippen LogP contribution in [0.1, 0.15) is 22.8 Å². The van der Waals surface area contributed by atoms with E-state index in [-0.39, 0.29) is 43.2 Å². The summed E-state index contributed by atoms with van der Waals surface area (Å²) in [5.41, 5.74) is 2.45. The maximum atomic E-state index is 14.4. The number of hydrogen-bond acceptors (Lipinski definition) is 5. The minimum Gasteiger partial charge on any atom is -0.496 e. The van der Waals surface area contributed by atoms with Gasteiger partial charge >= 0.3 is 0 Å². The lowest BCUT2D eigenvalue weighted by Crippen LogP contribution is -2.55. The zero-order valence-corrected chi connectivity index (χ0v) is 25.9. The summed E-state index contributed by atoms with van der Waals surface area (Å²) in [5, 5.41) is 7.73. The van der Waals surface area contributed by atoms with E-state index in [1.807, 2.05) is 60.7 Å². The summed E-state index contributed by atoms with van der Waals surface area (Å²) in [6, 6.07) is 24.5. The summed E-state index contributed by atoms with van der Waals surface area (Å²) in [7, 11) is 3.28. The van der Waals surface area contributed by atoms with Gasteiger partial charge in [-0.25, -0.2) is 0 Å². The summed E-state index contributed by atoms with van der Waals surface area (Å²) < 4.78 is 6.68. The Morgan fingerprint density at radius 1 is 1.00 bits per heavy atom. The Balaban J connectivity index is 0.00000405. The molecule has 0 radical (unpaired) electrons. The number of nitrogens with zero attached hydrogens (tertiary/aromatic N) is 2. The number of amides is 3. The number of carbonyl (C=O) groups excluding carboxylic acids is 3. The molecule has 1 heterocycles. The molecule has 4 aromatic carbocycles. The van der Waals surface area contributed by atoms with Gasteiger partial charge in [-0.05, 0) is 67.2 Å². The van der Waals surface area contributed by atoms with Crippen LogP contribution in [0.25, 0.3) is 10.8 Å². The molecule has 0 bridgehead atoms. The molecule has 218 valence electrons. The van der Waals surface area contributed by atoms with E-state index in [0.717, 1.165) is 20.8 Å². The summed E-state index contributed by atoms with van der Waals surface area (Å²) in [6.07, 6.45) is 0. The second-order valence-electron chi connectivity index (χ2n) is 9.88. The smallest absolute Gasteiger partial charge is 0.258 e. The van der Waals surface area contributed by atoms with Crippen LogP contribution >= 0.6 is 28.3 Å². The number of fused-ring (bicyclic) bond motifs is 2. The fourth-order valence-electron chi connectivity index (χ4n) is 5.07. The Labute approximate surface area is 259 Å². The van der Waals surface area contributed by atoms with E-state index in [2.05, 4.69) is 26.6 Å². The zero-order valence-electron chi connectivity index (χ0n) is 23.5. The molecule has 10 heteroatoms. The lowest BCUT2D eigenvalue weighted by Gasteiger charge is -2.27. The monoisotopic (exact) mass is 650 g/mol. The highest BCUT2D eigenvalue weighted by molar-refractivity contribution is 9.10. The van der Waals surface area contributed by atoms with Crippen LogP contribution in [-0.2, 0) is 16.1 Å². The Morgan fingerprint density at radius 3 is 2.38 bits per heavy atom. The molecule has 3 amide bonds. The number of methoxy groups -OCH3 is 1. The zero-order chi connectivity index (χ0) is 29.1. The van der Waals surface area contributed by atoms with Gasteiger partial charge in [0.25, 0.3) is 11.8 Å². The molecule has 0 spiro atoms. The number of nitrogens with one attached hydrogen (secondary N) is 2. The first-order valence-electron chi connectivity index (χ1n) is 13.3. The van der Waals surface area contributed by atoms with Gasteiger partial charge in [0.2, 0.25) is 5.91 Å². The number of ether oxygens (including phenoxy) is 1. The summed E-state index contributed by atoms with van der Waals surface area (Å²) >= 11 is 3.54. The van der Waals surface area contributed by atoms with Crippen LogP contribution in [0.4, 0.5) is 11.4 Å². The Morgan fingerprint density at radius 2 is 1.69 bits per heavy atom. The van der Waals surface area contributed by atoms with E-state index in [1.165, 1.54) is 0 Å². The summed E-state index contributed by atoms with van der Waals surface area (Å²) in [6.45, 7) is 1.86. The molecule has 4 aromatic rings. The topological polar surface area (TPSA) is 91.0 Å². The van der Waals surface area contributed by atoms with Crippen molar-refractivity contribution in [2.45, 2.75) is 25.6 Å². The lowest BCUT2D eigenvalue weighted by molar-refractivity contribution is -0.128. The molecule has 2 N–H and O–H groups in total. The van der Waals surface area contributed by atoms with Crippen molar-refractivity contribution in [3.05, 3.63) is 101 Å². The quantitative estimate of drug-likeness (QED) is 0.283. The van der Waals surface area contributed by atoms with Gasteiger partial charge < -0.3 is 25.2 Å². The van der Waals surface area contributed by atoms with E-state index < -0.39 is 12.1 Å². The average molecular weight is 652 g/mol. The number of benzene rings is 4. The van der Waals surface area contributed by atoms with Crippen molar-refractivity contribution in [3.63, 3.8) is 0 Å². The number of carbonyl (C=O) groups is 3. The van der Waals surface area contributed by atoms with Crippen LogP contribution in [0.5, 0.6) is 5.75 Å². The van der Waals surface area contributed by atoms with Gasteiger partial charge in [-0.15, -0.1) is 12.4 Å². The van der Waals surface area contributed by atoms with Crippen molar-refractivity contribution >= 4 is 68.2 Å². The van der Waals surface area contributed by atoms with Crippen LogP contribution in [0.15, 0.2) is 89.4 Å². The molecule has 2 atom stereocenters. The van der Waals surface area contributed by atoms with Gasteiger partial charge in [0.05, 0.1) is 37.6 Å². The van der Waals surface area contributed by atoms with Gasteiger partial charge in [0.1, 0.15) is 11.8 Å². The van der Waals surface area contributed by atoms with Crippen LogP contribution in [0.2, 0.25) is 0 Å². The molecular weight excluding hydrogens is 620 g/mol. The predicted octanol–water partition coefficient (Wildman–Crippen LogP) is 5.32. The van der Waals surface area contributed by atoms with Crippen molar-refractivity contribution in [2.24, 2.45) is 0 Å². The molecule has 0 aliphatic carbocycles. The van der Waals surface area contributed by atoms with Crippen LogP contribution in [0, 0.1) is 0 Å². The van der Waals surface area contributed by atoms with E-state index in [9.17, 15) is 14.4 Å². The van der Waals surface area contributed by atoms with Crippen molar-refractivity contribution in [1.29, 1.82) is 0 Å². The first-order valence-corrected chi connectivity index (χ1v) is 14.1. The van der Waals surface area contributed by atoms with E-state index in [1.54, 1.807) is 55.1 Å². The highest BCUT2D eigenvalue weighted by Gasteiger charge is 2.38. The van der Waals surface area contributed by atoms with Gasteiger partial charge in [0, 0.05) is 15.6 Å². The predicted molar refractivity (Wildman–Crippen MR) is 172 cm³/mol. The molecule has 0 saturated heterocycles. The van der Waals surface area contributed by atoms with Gasteiger partial charge in [0.15, 0.2) is 0 Å². The molecule has 8 nitrogen and oxygen atoms in total. The molecule has 0 saturated carbocycles. The minimum absolute atomic E-state index is 0. The first-order chi connectivity index (χ1) is 19.8. The van der Waals surface area contributed by atoms with Crippen molar-refractivity contribution in [3.8, 4) is 5.75 Å². The molecule has 1 aliphatic heterocycles. The second-order valence-corrected chi connectivity index (χ2v) is 10.8. The molecule has 42 heavy (non-hydrogen) atoms. The number of likely N-dealkylation sites (N-methyl/N-ethyl adjacent to an activating group) is 1. The standard InChI is InChI=1S/C32H31BrN4O4.ClH/c1-20(34-2)30(38)35-26-19-37(31(39)21-9-5-4-6-10-21)28-12-8-7-11-27(28)36(32(26)40)18-25-24-15-14-23(33)17-22(24)13-16-29(25)41-3;/h4-17,20,26,34H,18-19H2,1-3H3,(H,35,38);1H. The largest absolute Gasteiger partial charge is 0.496 e. The van der Waals surface area contributed by atoms with Crippen molar-refractivity contribution in [2.75, 3.05) is 30.5 Å². The number of halogens is 2. The number of hydrogen-bond donors (Lipinski definition) is 2. The average Bonchev–Trinajstić information content (AvgIpc) is 3.11.